The molecule has 2 rings (SSSR count). The molecule has 0 atom stereocenters. The summed E-state index contributed by atoms with van der Waals surface area (Å²) in [7, 11) is 1.47. The Morgan fingerprint density at radius 1 is 1.17 bits per heavy atom. The Morgan fingerprint density at radius 3 is 2.42 bits per heavy atom. The number of carbonyl (C=O) groups is 1. The molecule has 0 heterocycles. The fourth-order valence-corrected chi connectivity index (χ4v) is 2.69. The fraction of sp³-hybridized carbons (Fsp3) is 0.235. The van der Waals surface area contributed by atoms with E-state index in [-0.39, 0.29) is 6.54 Å². The Balaban J connectivity index is 2.16. The van der Waals surface area contributed by atoms with Crippen LogP contribution in [-0.2, 0) is 6.54 Å². The first-order chi connectivity index (χ1) is 11.4. The number of rotatable bonds is 6. The maximum atomic E-state index is 13.2. The molecular weight excluding hydrogens is 384 g/mol. The summed E-state index contributed by atoms with van der Waals surface area (Å²) in [6.45, 7) is 2.29. The van der Waals surface area contributed by atoms with Crippen molar-refractivity contribution in [1.82, 2.24) is 5.32 Å². The minimum atomic E-state index is -0.690. The van der Waals surface area contributed by atoms with E-state index >= 15 is 0 Å². The highest BCUT2D eigenvalue weighted by atomic mass is 79.9. The van der Waals surface area contributed by atoms with Gasteiger partial charge < -0.3 is 14.8 Å². The van der Waals surface area contributed by atoms with Gasteiger partial charge in [-0.3, -0.25) is 4.79 Å². The highest BCUT2D eigenvalue weighted by Gasteiger charge is 2.15. The molecule has 0 fully saturated rings. The third kappa shape index (κ3) is 4.44. The van der Waals surface area contributed by atoms with Crippen molar-refractivity contribution in [2.75, 3.05) is 13.7 Å². The SMILES string of the molecule is CCOc1c(Br)cc(C(=O)NCc2cc(F)cc(F)c2)cc1OC. The monoisotopic (exact) mass is 399 g/mol. The summed E-state index contributed by atoms with van der Waals surface area (Å²) >= 11 is 3.34. The molecular formula is C17H16BrF2NO3. The Morgan fingerprint density at radius 2 is 1.83 bits per heavy atom. The van der Waals surface area contributed by atoms with Crippen LogP contribution in [0, 0.1) is 11.6 Å². The van der Waals surface area contributed by atoms with Crippen LogP contribution in [0.4, 0.5) is 8.78 Å². The van der Waals surface area contributed by atoms with E-state index in [0.717, 1.165) is 18.2 Å². The molecule has 1 N–H and O–H groups in total. The van der Waals surface area contributed by atoms with Crippen LogP contribution in [0.3, 0.4) is 0 Å². The zero-order valence-corrected chi connectivity index (χ0v) is 14.7. The fourth-order valence-electron chi connectivity index (χ4n) is 2.13. The summed E-state index contributed by atoms with van der Waals surface area (Å²) in [6, 6.07) is 6.24. The minimum Gasteiger partial charge on any atom is -0.493 e. The molecule has 0 radical (unpaired) electrons. The maximum absolute atomic E-state index is 13.2. The molecule has 0 aliphatic carbocycles. The van der Waals surface area contributed by atoms with Crippen molar-refractivity contribution in [3.05, 3.63) is 57.6 Å². The normalized spacial score (nSPS) is 10.4. The molecule has 0 saturated heterocycles. The number of benzene rings is 2. The van der Waals surface area contributed by atoms with Crippen molar-refractivity contribution in [2.24, 2.45) is 0 Å². The van der Waals surface area contributed by atoms with Gasteiger partial charge in [0.05, 0.1) is 18.2 Å². The Bertz CT molecular complexity index is 733. The van der Waals surface area contributed by atoms with Crippen molar-refractivity contribution in [1.29, 1.82) is 0 Å². The van der Waals surface area contributed by atoms with Gasteiger partial charge in [-0.2, -0.15) is 0 Å². The van der Waals surface area contributed by atoms with Crippen LogP contribution in [0.1, 0.15) is 22.8 Å². The van der Waals surface area contributed by atoms with Gasteiger partial charge in [0.1, 0.15) is 11.6 Å². The summed E-state index contributed by atoms with van der Waals surface area (Å²) in [6.07, 6.45) is 0. The molecule has 1 amide bonds. The second-order valence-electron chi connectivity index (χ2n) is 4.88. The minimum absolute atomic E-state index is 0.000654. The number of ether oxygens (including phenoxy) is 2. The van der Waals surface area contributed by atoms with E-state index in [0.29, 0.717) is 33.7 Å². The van der Waals surface area contributed by atoms with Gasteiger partial charge >= 0.3 is 0 Å². The van der Waals surface area contributed by atoms with Crippen LogP contribution in [0.15, 0.2) is 34.8 Å². The van der Waals surface area contributed by atoms with Crippen molar-refractivity contribution < 1.29 is 23.0 Å². The van der Waals surface area contributed by atoms with E-state index < -0.39 is 17.5 Å². The predicted octanol–water partition coefficient (Wildman–Crippen LogP) is 4.06. The van der Waals surface area contributed by atoms with E-state index in [1.807, 2.05) is 6.92 Å². The third-order valence-corrected chi connectivity index (χ3v) is 3.74. The number of methoxy groups -OCH3 is 1. The summed E-state index contributed by atoms with van der Waals surface area (Å²) in [4.78, 5) is 12.3. The summed E-state index contributed by atoms with van der Waals surface area (Å²) in [5.41, 5.74) is 0.664. The number of hydrogen-bond acceptors (Lipinski definition) is 3. The first kappa shape index (κ1) is 18.2. The lowest BCUT2D eigenvalue weighted by molar-refractivity contribution is 0.0950. The molecule has 0 aliphatic heterocycles. The zero-order chi connectivity index (χ0) is 17.7. The number of amides is 1. The van der Waals surface area contributed by atoms with E-state index in [1.165, 1.54) is 13.2 Å². The van der Waals surface area contributed by atoms with Crippen LogP contribution >= 0.6 is 15.9 Å². The van der Waals surface area contributed by atoms with E-state index in [2.05, 4.69) is 21.2 Å². The van der Waals surface area contributed by atoms with Gasteiger partial charge in [-0.05, 0) is 52.7 Å². The van der Waals surface area contributed by atoms with Crippen LogP contribution in [0.25, 0.3) is 0 Å². The van der Waals surface area contributed by atoms with E-state index in [9.17, 15) is 13.6 Å². The second kappa shape index (κ2) is 8.10. The molecule has 0 aromatic heterocycles. The lowest BCUT2D eigenvalue weighted by Crippen LogP contribution is -2.23. The molecule has 0 bridgehead atoms. The average molecular weight is 400 g/mol. The Labute approximate surface area is 146 Å². The van der Waals surface area contributed by atoms with Gasteiger partial charge in [0.2, 0.25) is 0 Å². The first-order valence-corrected chi connectivity index (χ1v) is 7.97. The van der Waals surface area contributed by atoms with Crippen LogP contribution in [-0.4, -0.2) is 19.6 Å². The number of carbonyl (C=O) groups excluding carboxylic acids is 1. The maximum Gasteiger partial charge on any atom is 0.251 e. The molecule has 0 unspecified atom stereocenters. The van der Waals surface area contributed by atoms with Gasteiger partial charge in [-0.1, -0.05) is 0 Å². The van der Waals surface area contributed by atoms with E-state index in [4.69, 9.17) is 9.47 Å². The Hall–Kier alpha value is -2.15. The van der Waals surface area contributed by atoms with Crippen LogP contribution in [0.5, 0.6) is 11.5 Å². The van der Waals surface area contributed by atoms with Crippen molar-refractivity contribution in [2.45, 2.75) is 13.5 Å². The smallest absolute Gasteiger partial charge is 0.251 e. The molecule has 2 aromatic rings. The molecule has 4 nitrogen and oxygen atoms in total. The lowest BCUT2D eigenvalue weighted by Gasteiger charge is -2.13. The highest BCUT2D eigenvalue weighted by molar-refractivity contribution is 9.10. The van der Waals surface area contributed by atoms with Gasteiger partial charge in [-0.25, -0.2) is 8.78 Å². The summed E-state index contributed by atoms with van der Waals surface area (Å²) in [5, 5.41) is 2.61. The first-order valence-electron chi connectivity index (χ1n) is 7.18. The molecule has 128 valence electrons. The predicted molar refractivity (Wildman–Crippen MR) is 89.4 cm³/mol. The van der Waals surface area contributed by atoms with Gasteiger partial charge in [-0.15, -0.1) is 0 Å². The average Bonchev–Trinajstić information content (AvgIpc) is 2.53. The van der Waals surface area contributed by atoms with Gasteiger partial charge in [0.25, 0.3) is 5.91 Å². The van der Waals surface area contributed by atoms with E-state index in [1.54, 1.807) is 6.07 Å². The number of halogens is 3. The molecule has 24 heavy (non-hydrogen) atoms. The number of hydrogen-bond donors (Lipinski definition) is 1. The summed E-state index contributed by atoms with van der Waals surface area (Å²) < 4.78 is 37.6. The van der Waals surface area contributed by atoms with Gasteiger partial charge in [0, 0.05) is 18.2 Å². The second-order valence-corrected chi connectivity index (χ2v) is 5.74. The van der Waals surface area contributed by atoms with Gasteiger partial charge in [0.15, 0.2) is 11.5 Å². The Kier molecular flexibility index (Phi) is 6.14. The van der Waals surface area contributed by atoms with Crippen molar-refractivity contribution in [3.63, 3.8) is 0 Å². The van der Waals surface area contributed by atoms with Crippen LogP contribution in [0.2, 0.25) is 0 Å². The quantitative estimate of drug-likeness (QED) is 0.796. The van der Waals surface area contributed by atoms with Crippen molar-refractivity contribution in [3.8, 4) is 11.5 Å². The standard InChI is InChI=1S/C17H16BrF2NO3/c1-3-24-16-14(18)6-11(7-15(16)23-2)17(22)21-9-10-4-12(19)8-13(20)5-10/h4-8H,3,9H2,1-2H3,(H,21,22). The van der Waals surface area contributed by atoms with Crippen LogP contribution < -0.4 is 14.8 Å². The lowest BCUT2D eigenvalue weighted by atomic mass is 10.1. The molecule has 2 aromatic carbocycles. The highest BCUT2D eigenvalue weighted by Crippen LogP contribution is 2.36. The summed E-state index contributed by atoms with van der Waals surface area (Å²) in [5.74, 6) is -0.867. The van der Waals surface area contributed by atoms with Crippen molar-refractivity contribution >= 4 is 21.8 Å². The largest absolute Gasteiger partial charge is 0.493 e. The molecule has 0 saturated carbocycles. The topological polar surface area (TPSA) is 47.6 Å². The molecule has 7 heteroatoms. The zero-order valence-electron chi connectivity index (χ0n) is 13.2. The molecule has 0 spiro atoms. The third-order valence-electron chi connectivity index (χ3n) is 3.16. The number of nitrogens with one attached hydrogen (secondary N) is 1. The molecule has 0 aliphatic rings.